The molecule has 2 aromatic carbocycles. The largest absolute Gasteiger partial charge is 0.417 e. The molecule has 5 rings (SSSR count). The average Bonchev–Trinajstić information content (AvgIpc) is 3.40. The van der Waals surface area contributed by atoms with Crippen molar-refractivity contribution < 1.29 is 4.42 Å². The summed E-state index contributed by atoms with van der Waals surface area (Å²) in [5.74, 6) is -0.416. The molecule has 10 heteroatoms. The maximum atomic E-state index is 11.5. The molecule has 3 heterocycles. The Labute approximate surface area is 181 Å². The maximum absolute atomic E-state index is 11.5. The van der Waals surface area contributed by atoms with E-state index in [0.29, 0.717) is 40.3 Å². The van der Waals surface area contributed by atoms with Gasteiger partial charge in [-0.25, -0.2) is 19.4 Å². The van der Waals surface area contributed by atoms with Crippen LogP contribution in [0.3, 0.4) is 0 Å². The molecule has 5 aromatic rings. The van der Waals surface area contributed by atoms with Crippen molar-refractivity contribution in [1.82, 2.24) is 29.9 Å². The number of rotatable bonds is 4. The van der Waals surface area contributed by atoms with E-state index in [-0.39, 0.29) is 5.95 Å². The third kappa shape index (κ3) is 3.37. The van der Waals surface area contributed by atoms with Crippen LogP contribution < -0.4 is 11.5 Å². The molecule has 0 fully saturated rings. The van der Waals surface area contributed by atoms with Gasteiger partial charge in [0.15, 0.2) is 5.58 Å². The minimum atomic E-state index is -0.508. The van der Waals surface area contributed by atoms with E-state index >= 15 is 0 Å². The highest BCUT2D eigenvalue weighted by molar-refractivity contribution is 5.76. The number of benzene rings is 2. The highest BCUT2D eigenvalue weighted by atomic mass is 16.4. The minimum absolute atomic E-state index is 0.0922. The first-order chi connectivity index (χ1) is 15.5. The fourth-order valence-electron chi connectivity index (χ4n) is 3.60. The van der Waals surface area contributed by atoms with E-state index in [9.17, 15) is 10.1 Å². The van der Waals surface area contributed by atoms with Crippen LogP contribution in [0.2, 0.25) is 0 Å². The van der Waals surface area contributed by atoms with Crippen LogP contribution in [0.1, 0.15) is 16.7 Å². The first kappa shape index (κ1) is 19.2. The lowest BCUT2D eigenvalue weighted by molar-refractivity contribution is 0.555. The zero-order valence-electron chi connectivity index (χ0n) is 16.9. The second-order valence-electron chi connectivity index (χ2n) is 7.19. The minimum Gasteiger partial charge on any atom is -0.408 e. The Hall–Kier alpha value is -4.78. The molecule has 0 atom stereocenters. The number of oxazole rings is 1. The molecule has 0 saturated carbocycles. The van der Waals surface area contributed by atoms with E-state index in [1.54, 1.807) is 41.2 Å². The van der Waals surface area contributed by atoms with Gasteiger partial charge in [0.05, 0.1) is 41.3 Å². The summed E-state index contributed by atoms with van der Waals surface area (Å²) in [6, 6.07) is 14.8. The van der Waals surface area contributed by atoms with Gasteiger partial charge in [-0.3, -0.25) is 4.98 Å². The van der Waals surface area contributed by atoms with Crippen molar-refractivity contribution in [1.29, 1.82) is 5.26 Å². The van der Waals surface area contributed by atoms with Crippen molar-refractivity contribution in [2.24, 2.45) is 0 Å². The smallest absolute Gasteiger partial charge is 0.408 e. The topological polar surface area (TPSA) is 152 Å². The number of anilines is 1. The Morgan fingerprint density at radius 1 is 1.16 bits per heavy atom. The van der Waals surface area contributed by atoms with Gasteiger partial charge in [0.2, 0.25) is 5.95 Å². The molecular weight excluding hydrogens is 408 g/mol. The van der Waals surface area contributed by atoms with E-state index in [0.717, 1.165) is 16.7 Å². The Morgan fingerprint density at radius 3 is 2.81 bits per heavy atom. The summed E-state index contributed by atoms with van der Waals surface area (Å²) < 4.78 is 6.74. The molecule has 3 aromatic heterocycles. The molecule has 0 aliphatic carbocycles. The number of nitrogen functional groups attached to an aromatic ring is 1. The molecule has 0 saturated heterocycles. The first-order valence-corrected chi connectivity index (χ1v) is 9.67. The molecule has 32 heavy (non-hydrogen) atoms. The van der Waals surface area contributed by atoms with Gasteiger partial charge < -0.3 is 10.2 Å². The van der Waals surface area contributed by atoms with E-state index in [1.165, 1.54) is 0 Å². The number of aromatic nitrogens is 6. The molecular formula is C22H16N8O2. The Kier molecular flexibility index (Phi) is 4.49. The summed E-state index contributed by atoms with van der Waals surface area (Å²) in [6.45, 7) is 2.24. The maximum Gasteiger partial charge on any atom is 0.417 e. The van der Waals surface area contributed by atoms with Crippen molar-refractivity contribution in [2.75, 3.05) is 5.73 Å². The molecule has 3 N–H and O–H groups in total. The number of para-hydroxylation sites is 1. The first-order valence-electron chi connectivity index (χ1n) is 9.67. The number of nitrogens with two attached hydrogens (primary N) is 1. The van der Waals surface area contributed by atoms with E-state index in [4.69, 9.17) is 10.2 Å². The molecule has 0 aliphatic heterocycles. The van der Waals surface area contributed by atoms with Crippen LogP contribution in [0, 0.1) is 18.3 Å². The summed E-state index contributed by atoms with van der Waals surface area (Å²) in [7, 11) is 0. The van der Waals surface area contributed by atoms with Crippen LogP contribution in [0.25, 0.3) is 33.7 Å². The SMILES string of the molecule is Cc1c(C#N)cccc1-c1cc(-c2cn(Cc3cccc4oc(=O)[nH]c34)nn2)nc(N)n1. The van der Waals surface area contributed by atoms with E-state index in [1.807, 2.05) is 19.1 Å². The van der Waals surface area contributed by atoms with Gasteiger partial charge in [-0.2, -0.15) is 5.26 Å². The van der Waals surface area contributed by atoms with Gasteiger partial charge in [0.25, 0.3) is 0 Å². The van der Waals surface area contributed by atoms with Crippen LogP contribution in [0.5, 0.6) is 0 Å². The lowest BCUT2D eigenvalue weighted by Gasteiger charge is -2.08. The van der Waals surface area contributed by atoms with Gasteiger partial charge in [-0.05, 0) is 30.7 Å². The predicted molar refractivity (Wildman–Crippen MR) is 116 cm³/mol. The van der Waals surface area contributed by atoms with Crippen LogP contribution >= 0.6 is 0 Å². The molecule has 0 bridgehead atoms. The summed E-state index contributed by atoms with van der Waals surface area (Å²) in [4.78, 5) is 22.9. The van der Waals surface area contributed by atoms with Gasteiger partial charge in [0.1, 0.15) is 5.69 Å². The summed E-state index contributed by atoms with van der Waals surface area (Å²) >= 11 is 0. The molecule has 0 unspecified atom stereocenters. The second-order valence-corrected chi connectivity index (χ2v) is 7.19. The standard InChI is InChI=1S/C22H16N8O2/c1-12-13(9-23)4-2-6-15(12)16-8-17(26-21(24)25-16)18-11-30(29-28-18)10-14-5-3-7-19-20(14)27-22(31)32-19/h2-8,11H,10H2,1H3,(H,27,31)(H2,24,25,26). The molecule has 0 spiro atoms. The average molecular weight is 424 g/mol. The molecule has 0 amide bonds. The Bertz CT molecular complexity index is 1570. The second kappa shape index (κ2) is 7.48. The van der Waals surface area contributed by atoms with Crippen molar-refractivity contribution >= 4 is 17.0 Å². The Balaban J connectivity index is 1.51. The molecule has 10 nitrogen and oxygen atoms in total. The number of nitrogens with zero attached hydrogens (tertiary/aromatic N) is 6. The van der Waals surface area contributed by atoms with Crippen molar-refractivity contribution in [3.63, 3.8) is 0 Å². The van der Waals surface area contributed by atoms with Gasteiger partial charge in [-0.1, -0.05) is 29.5 Å². The third-order valence-electron chi connectivity index (χ3n) is 5.15. The fraction of sp³-hybridized carbons (Fsp3) is 0.0909. The number of fused-ring (bicyclic) bond motifs is 1. The van der Waals surface area contributed by atoms with Crippen LogP contribution in [0.15, 0.2) is 57.9 Å². The van der Waals surface area contributed by atoms with Crippen LogP contribution in [0.4, 0.5) is 5.95 Å². The van der Waals surface area contributed by atoms with Gasteiger partial charge in [0, 0.05) is 11.1 Å². The third-order valence-corrected chi connectivity index (χ3v) is 5.15. The van der Waals surface area contributed by atoms with E-state index in [2.05, 4.69) is 31.3 Å². The molecule has 0 aliphatic rings. The van der Waals surface area contributed by atoms with Gasteiger partial charge in [-0.15, -0.1) is 5.10 Å². The van der Waals surface area contributed by atoms with Crippen molar-refractivity contribution in [3.8, 4) is 28.7 Å². The van der Waals surface area contributed by atoms with Crippen LogP contribution in [-0.4, -0.2) is 29.9 Å². The highest BCUT2D eigenvalue weighted by Gasteiger charge is 2.14. The van der Waals surface area contributed by atoms with Gasteiger partial charge >= 0.3 is 5.76 Å². The zero-order valence-corrected chi connectivity index (χ0v) is 16.9. The predicted octanol–water partition coefficient (Wildman–Crippen LogP) is 2.65. The van der Waals surface area contributed by atoms with Crippen molar-refractivity contribution in [3.05, 3.63) is 75.9 Å². The number of hydrogen-bond donors (Lipinski definition) is 2. The zero-order chi connectivity index (χ0) is 22.2. The summed E-state index contributed by atoms with van der Waals surface area (Å²) in [5, 5.41) is 17.7. The summed E-state index contributed by atoms with van der Waals surface area (Å²) in [6.07, 6.45) is 1.74. The number of aromatic amines is 1. The summed E-state index contributed by atoms with van der Waals surface area (Å²) in [5.41, 5.74) is 11.7. The monoisotopic (exact) mass is 424 g/mol. The number of nitrogens with one attached hydrogen (secondary N) is 1. The molecule has 0 radical (unpaired) electrons. The number of nitriles is 1. The Morgan fingerprint density at radius 2 is 1.97 bits per heavy atom. The lowest BCUT2D eigenvalue weighted by Crippen LogP contribution is -2.02. The molecule has 156 valence electrons. The fourth-order valence-corrected chi connectivity index (χ4v) is 3.60. The quantitative estimate of drug-likeness (QED) is 0.446. The van der Waals surface area contributed by atoms with E-state index < -0.39 is 5.76 Å². The van der Waals surface area contributed by atoms with Crippen molar-refractivity contribution in [2.45, 2.75) is 13.5 Å². The number of H-pyrrole nitrogens is 1. The number of hydrogen-bond acceptors (Lipinski definition) is 8. The lowest BCUT2D eigenvalue weighted by atomic mass is 10.00. The van der Waals surface area contributed by atoms with Crippen LogP contribution in [-0.2, 0) is 6.54 Å². The highest BCUT2D eigenvalue weighted by Crippen LogP contribution is 2.27. The normalized spacial score (nSPS) is 11.0.